The van der Waals surface area contributed by atoms with E-state index in [-0.39, 0.29) is 27.8 Å². The zero-order valence-corrected chi connectivity index (χ0v) is 15.6. The van der Waals surface area contributed by atoms with Crippen molar-refractivity contribution in [1.29, 1.82) is 0 Å². The van der Waals surface area contributed by atoms with E-state index in [0.717, 1.165) is 11.3 Å². The van der Waals surface area contributed by atoms with Crippen molar-refractivity contribution < 1.29 is 13.0 Å². The maximum atomic E-state index is 11.2. The van der Waals surface area contributed by atoms with Gasteiger partial charge in [-0.2, -0.15) is 23.4 Å². The number of hydrogen-bond donors (Lipinski definition) is 4. The molecule has 0 aliphatic carbocycles. The fourth-order valence-corrected chi connectivity index (χ4v) is 3.06. The minimum atomic E-state index is -4.40. The summed E-state index contributed by atoms with van der Waals surface area (Å²) in [7, 11) is -4.40. The summed E-state index contributed by atoms with van der Waals surface area (Å²) in [6.45, 7) is 1.96. The molecule has 0 saturated heterocycles. The highest BCUT2D eigenvalue weighted by molar-refractivity contribution is 7.86. The Labute approximate surface area is 160 Å². The molecule has 0 aliphatic heterocycles. The third-order valence-electron chi connectivity index (χ3n) is 3.43. The Hall–Kier alpha value is -2.95. The van der Waals surface area contributed by atoms with Crippen molar-refractivity contribution in [2.24, 2.45) is 0 Å². The van der Waals surface area contributed by atoms with Crippen LogP contribution in [0.5, 0.6) is 0 Å². The summed E-state index contributed by atoms with van der Waals surface area (Å²) in [6.07, 6.45) is 0. The summed E-state index contributed by atoms with van der Waals surface area (Å²) in [4.78, 5) is 11.8. The highest BCUT2D eigenvalue weighted by atomic mass is 35.5. The largest absolute Gasteiger partial charge is 0.398 e. The lowest BCUT2D eigenvalue weighted by atomic mass is 10.2. The van der Waals surface area contributed by atoms with Gasteiger partial charge in [0.25, 0.3) is 10.1 Å². The molecule has 0 spiro atoms. The van der Waals surface area contributed by atoms with E-state index in [9.17, 15) is 8.42 Å². The molecule has 0 unspecified atom stereocenters. The Balaban J connectivity index is 1.85. The lowest BCUT2D eigenvalue weighted by Gasteiger charge is -2.10. The van der Waals surface area contributed by atoms with Crippen molar-refractivity contribution in [1.82, 2.24) is 15.0 Å². The van der Waals surface area contributed by atoms with Gasteiger partial charge in [-0.25, -0.2) is 0 Å². The molecular weight excluding hydrogens is 392 g/mol. The molecule has 0 aliphatic rings. The molecule has 0 amide bonds. The second-order valence-corrected chi connectivity index (χ2v) is 7.33. The maximum Gasteiger partial charge on any atom is 0.296 e. The molecule has 140 valence electrons. The minimum Gasteiger partial charge on any atom is -0.398 e. The fraction of sp³-hybridized carbons (Fsp3) is 0.0625. The topological polar surface area (TPSA) is 143 Å². The molecular formula is C16H15ClN6O3S. The van der Waals surface area contributed by atoms with E-state index >= 15 is 0 Å². The average molecular weight is 407 g/mol. The van der Waals surface area contributed by atoms with Gasteiger partial charge in [0.1, 0.15) is 4.90 Å². The summed E-state index contributed by atoms with van der Waals surface area (Å²) in [6, 6.07) is 11.5. The summed E-state index contributed by atoms with van der Waals surface area (Å²) in [5, 5.41) is 5.85. The molecule has 0 atom stereocenters. The summed E-state index contributed by atoms with van der Waals surface area (Å²) in [5.41, 5.74) is 7.79. The predicted octanol–water partition coefficient (Wildman–Crippen LogP) is 3.15. The molecule has 1 aromatic heterocycles. The molecule has 0 bridgehead atoms. The molecule has 1 heterocycles. The fourth-order valence-electron chi connectivity index (χ4n) is 2.30. The normalized spacial score (nSPS) is 11.2. The van der Waals surface area contributed by atoms with Gasteiger partial charge in [0.15, 0.2) is 0 Å². The van der Waals surface area contributed by atoms with E-state index in [1.165, 1.54) is 18.2 Å². The van der Waals surface area contributed by atoms with Crippen molar-refractivity contribution in [3.8, 4) is 0 Å². The number of nitrogens with zero attached hydrogens (tertiary/aromatic N) is 3. The van der Waals surface area contributed by atoms with Crippen LogP contribution in [-0.4, -0.2) is 27.9 Å². The standard InChI is InChI=1S/C16H15ClN6O3S/c1-9-3-2-4-10(7-9)19-15-21-14(17)22-16(23-15)20-11-5-6-13(12(18)8-11)27(24,25)26/h2-8H,18H2,1H3,(H,24,25,26)(H2,19,20,21,22,23). The van der Waals surface area contributed by atoms with E-state index in [2.05, 4.69) is 25.6 Å². The number of rotatable bonds is 5. The molecule has 5 N–H and O–H groups in total. The van der Waals surface area contributed by atoms with Gasteiger partial charge in [0.05, 0.1) is 5.69 Å². The first-order chi connectivity index (χ1) is 12.7. The zero-order valence-electron chi connectivity index (χ0n) is 14.0. The Morgan fingerprint density at radius 1 is 1.00 bits per heavy atom. The van der Waals surface area contributed by atoms with E-state index < -0.39 is 10.1 Å². The Morgan fingerprint density at radius 3 is 2.19 bits per heavy atom. The monoisotopic (exact) mass is 406 g/mol. The van der Waals surface area contributed by atoms with Crippen molar-refractivity contribution in [2.45, 2.75) is 11.8 Å². The molecule has 27 heavy (non-hydrogen) atoms. The number of hydrogen-bond acceptors (Lipinski definition) is 8. The van der Waals surface area contributed by atoms with Crippen LogP contribution in [0.2, 0.25) is 5.28 Å². The van der Waals surface area contributed by atoms with Crippen LogP contribution in [0.15, 0.2) is 47.4 Å². The van der Waals surface area contributed by atoms with Crippen molar-refractivity contribution in [3.05, 3.63) is 53.3 Å². The van der Waals surface area contributed by atoms with Crippen molar-refractivity contribution in [3.63, 3.8) is 0 Å². The van der Waals surface area contributed by atoms with Gasteiger partial charge in [-0.3, -0.25) is 4.55 Å². The first kappa shape index (κ1) is 18.8. The molecule has 0 radical (unpaired) electrons. The zero-order chi connectivity index (χ0) is 19.6. The highest BCUT2D eigenvalue weighted by Gasteiger charge is 2.14. The van der Waals surface area contributed by atoms with Gasteiger partial charge in [-0.1, -0.05) is 12.1 Å². The molecule has 0 saturated carbocycles. The van der Waals surface area contributed by atoms with Gasteiger partial charge in [0.2, 0.25) is 17.2 Å². The Bertz CT molecular complexity index is 1110. The van der Waals surface area contributed by atoms with Crippen LogP contribution < -0.4 is 16.4 Å². The van der Waals surface area contributed by atoms with Crippen LogP contribution in [0.3, 0.4) is 0 Å². The lowest BCUT2D eigenvalue weighted by Crippen LogP contribution is -2.06. The van der Waals surface area contributed by atoms with Crippen LogP contribution in [0.1, 0.15) is 5.56 Å². The number of aromatic nitrogens is 3. The van der Waals surface area contributed by atoms with Gasteiger partial charge in [0, 0.05) is 11.4 Å². The van der Waals surface area contributed by atoms with Gasteiger partial charge < -0.3 is 16.4 Å². The molecule has 0 fully saturated rings. The molecule has 3 rings (SSSR count). The molecule has 3 aromatic rings. The second kappa shape index (κ2) is 7.35. The summed E-state index contributed by atoms with van der Waals surface area (Å²) in [5.74, 6) is 0.356. The van der Waals surface area contributed by atoms with Crippen LogP contribution in [-0.2, 0) is 10.1 Å². The van der Waals surface area contributed by atoms with Crippen LogP contribution >= 0.6 is 11.6 Å². The molecule has 9 nitrogen and oxygen atoms in total. The van der Waals surface area contributed by atoms with Gasteiger partial charge >= 0.3 is 0 Å². The third-order valence-corrected chi connectivity index (χ3v) is 4.52. The van der Waals surface area contributed by atoms with Gasteiger partial charge in [-0.15, -0.1) is 0 Å². The average Bonchev–Trinajstić information content (AvgIpc) is 2.53. The van der Waals surface area contributed by atoms with E-state index in [0.29, 0.717) is 5.69 Å². The second-order valence-electron chi connectivity index (χ2n) is 5.60. The van der Waals surface area contributed by atoms with E-state index in [4.69, 9.17) is 21.9 Å². The first-order valence-corrected chi connectivity index (χ1v) is 9.42. The first-order valence-electron chi connectivity index (χ1n) is 7.60. The lowest BCUT2D eigenvalue weighted by molar-refractivity contribution is 0.483. The van der Waals surface area contributed by atoms with Crippen LogP contribution in [0, 0.1) is 6.92 Å². The molecule has 11 heteroatoms. The Morgan fingerprint density at radius 2 is 1.63 bits per heavy atom. The minimum absolute atomic E-state index is 0.0369. The number of nitrogens with one attached hydrogen (secondary N) is 2. The summed E-state index contributed by atoms with van der Waals surface area (Å²) < 4.78 is 31.5. The number of aryl methyl sites for hydroxylation is 1. The Kier molecular flexibility index (Phi) is 5.13. The molecule has 2 aromatic carbocycles. The number of halogens is 1. The van der Waals surface area contributed by atoms with Crippen LogP contribution in [0.4, 0.5) is 29.0 Å². The maximum absolute atomic E-state index is 11.2. The van der Waals surface area contributed by atoms with Crippen molar-refractivity contribution >= 4 is 50.7 Å². The smallest absolute Gasteiger partial charge is 0.296 e. The predicted molar refractivity (Wildman–Crippen MR) is 103 cm³/mol. The SMILES string of the molecule is Cc1cccc(Nc2nc(Cl)nc(Nc3ccc(S(=O)(=O)O)c(N)c3)n2)c1. The van der Waals surface area contributed by atoms with Gasteiger partial charge in [-0.05, 0) is 54.4 Å². The number of nitrogen functional groups attached to an aromatic ring is 1. The van der Waals surface area contributed by atoms with E-state index in [1.54, 1.807) is 0 Å². The third kappa shape index (κ3) is 4.82. The van der Waals surface area contributed by atoms with Crippen LogP contribution in [0.25, 0.3) is 0 Å². The highest BCUT2D eigenvalue weighted by Crippen LogP contribution is 2.24. The van der Waals surface area contributed by atoms with Crippen molar-refractivity contribution in [2.75, 3.05) is 16.4 Å². The number of anilines is 5. The number of benzene rings is 2. The quantitative estimate of drug-likeness (QED) is 0.371. The number of nitrogens with two attached hydrogens (primary N) is 1. The van der Waals surface area contributed by atoms with E-state index in [1.807, 2.05) is 31.2 Å². The summed E-state index contributed by atoms with van der Waals surface area (Å²) >= 11 is 5.95.